The normalized spacial score (nSPS) is 30.4. The summed E-state index contributed by atoms with van der Waals surface area (Å²) in [7, 11) is -25.3. The highest BCUT2D eigenvalue weighted by Crippen LogP contribution is 2.66. The van der Waals surface area contributed by atoms with E-state index in [0.717, 1.165) is 21.8 Å². The van der Waals surface area contributed by atoms with Crippen molar-refractivity contribution in [3.05, 3.63) is 35.4 Å². The van der Waals surface area contributed by atoms with Crippen molar-refractivity contribution >= 4 is 54.1 Å². The smallest absolute Gasteiger partial charge is 0.351 e. The number of ether oxygens (including phenoxy) is 2. The Morgan fingerprint density at radius 2 is 1.44 bits per heavy atom. The van der Waals surface area contributed by atoms with E-state index >= 15 is 0 Å². The van der Waals surface area contributed by atoms with Crippen molar-refractivity contribution in [3.8, 4) is 0 Å². The van der Waals surface area contributed by atoms with E-state index in [1.54, 1.807) is 0 Å². The fourth-order valence-corrected chi connectivity index (χ4v) is 9.36. The van der Waals surface area contributed by atoms with E-state index in [-0.39, 0.29) is 29.2 Å². The van der Waals surface area contributed by atoms with Crippen molar-refractivity contribution in [1.82, 2.24) is 29.1 Å². The van der Waals surface area contributed by atoms with Crippen LogP contribution in [0.1, 0.15) is 18.9 Å². The summed E-state index contributed by atoms with van der Waals surface area (Å²) in [6.07, 6.45) is -7.77. The van der Waals surface area contributed by atoms with Crippen molar-refractivity contribution in [3.63, 3.8) is 0 Å². The van der Waals surface area contributed by atoms with Gasteiger partial charge in [0.25, 0.3) is 31.3 Å². The number of anilines is 2. The monoisotopic (exact) mass is 792 g/mol. The first-order valence-corrected chi connectivity index (χ1v) is 19.3. The standard InChI is InChI=1S/C19H28N8O19P4/c20-11-1-2-26(19(31)25-11)12-3-8(28)9(42-12)4-40-47(32,33)44-49(36,37)46-50(38,39)45-48(34,35)41-5-10-14(29)15(30)18(43-10)27-7-24-13-16(21)22-6-23-17(13)27/h1-2,6-10,12,14-15,18,28-30H,3-5H2,(H,32,33)(H,34,35)(H,36,37)(H,38,39)(H2,20,25,31)(H2,21,22,23)/p-4/t8?,9-,10-,12-,14+,15?,18-/m1/s1. The summed E-state index contributed by atoms with van der Waals surface area (Å²) >= 11 is 0. The van der Waals surface area contributed by atoms with Gasteiger partial charge in [0.15, 0.2) is 17.7 Å². The molecule has 0 bridgehead atoms. The first kappa shape index (κ1) is 38.6. The van der Waals surface area contributed by atoms with Crippen LogP contribution in [0.15, 0.2) is 29.7 Å². The summed E-state index contributed by atoms with van der Waals surface area (Å²) in [5, 5.41) is 30.9. The minimum Gasteiger partial charge on any atom is -0.756 e. The largest absolute Gasteiger partial charge is 0.756 e. The van der Waals surface area contributed by atoms with Crippen LogP contribution in [0.25, 0.3) is 11.2 Å². The number of hydrogen-bond acceptors (Lipinski definition) is 25. The van der Waals surface area contributed by atoms with Crippen molar-refractivity contribution in [2.75, 3.05) is 24.7 Å². The van der Waals surface area contributed by atoms with Crippen LogP contribution in [-0.2, 0) is 49.7 Å². The lowest BCUT2D eigenvalue weighted by molar-refractivity contribution is -0.255. The van der Waals surface area contributed by atoms with Crippen LogP contribution in [0.2, 0.25) is 0 Å². The molecule has 0 saturated carbocycles. The van der Waals surface area contributed by atoms with Gasteiger partial charge in [0.1, 0.15) is 48.3 Å². The number of fused-ring (bicyclic) bond motifs is 1. The summed E-state index contributed by atoms with van der Waals surface area (Å²) in [6.45, 7) is -2.33. The summed E-state index contributed by atoms with van der Waals surface area (Å²) in [5.74, 6) is -0.150. The molecule has 11 atom stereocenters. The topological polar surface area (TPSA) is 416 Å². The summed E-state index contributed by atoms with van der Waals surface area (Å²) in [6, 6.07) is 1.23. The van der Waals surface area contributed by atoms with Gasteiger partial charge in [-0.15, -0.1) is 0 Å². The second-order valence-corrected chi connectivity index (χ2v) is 16.3. The Bertz CT molecular complexity index is 1980. The van der Waals surface area contributed by atoms with Gasteiger partial charge in [-0.3, -0.25) is 27.4 Å². The van der Waals surface area contributed by atoms with Gasteiger partial charge in [-0.25, -0.2) is 32.7 Å². The second kappa shape index (κ2) is 14.4. The molecule has 2 fully saturated rings. The van der Waals surface area contributed by atoms with Gasteiger partial charge >= 0.3 is 5.69 Å². The van der Waals surface area contributed by atoms with Crippen molar-refractivity contribution in [1.29, 1.82) is 0 Å². The summed E-state index contributed by atoms with van der Waals surface area (Å²) in [5.41, 5.74) is 10.4. The number of nitrogens with two attached hydrogens (primary N) is 2. The molecule has 0 spiro atoms. The Hall–Kier alpha value is -2.61. The lowest BCUT2D eigenvalue weighted by atomic mass is 10.1. The molecule has 3 aromatic rings. The van der Waals surface area contributed by atoms with E-state index < -0.39 is 93.2 Å². The minimum absolute atomic E-state index is 0.0327. The zero-order chi connectivity index (χ0) is 36.8. The number of imidazole rings is 1. The van der Waals surface area contributed by atoms with E-state index in [4.69, 9.17) is 20.9 Å². The molecule has 5 heterocycles. The predicted octanol–water partition coefficient (Wildman–Crippen LogP) is -4.53. The first-order chi connectivity index (χ1) is 23.2. The molecule has 50 heavy (non-hydrogen) atoms. The van der Waals surface area contributed by atoms with E-state index in [2.05, 4.69) is 41.9 Å². The van der Waals surface area contributed by atoms with Gasteiger partial charge in [0.05, 0.1) is 25.6 Å². The van der Waals surface area contributed by atoms with E-state index in [1.807, 2.05) is 0 Å². The van der Waals surface area contributed by atoms with Gasteiger partial charge in [-0.05, 0) is 6.07 Å². The number of aliphatic hydroxyl groups is 3. The van der Waals surface area contributed by atoms with Crippen LogP contribution in [0, 0.1) is 0 Å². The van der Waals surface area contributed by atoms with Gasteiger partial charge in [0.2, 0.25) is 0 Å². The van der Waals surface area contributed by atoms with Crippen molar-refractivity contribution in [2.45, 2.75) is 49.4 Å². The highest BCUT2D eigenvalue weighted by molar-refractivity contribution is 7.68. The number of aromatic nitrogens is 6. The van der Waals surface area contributed by atoms with Gasteiger partial charge < -0.3 is 64.9 Å². The number of phosphoric ester groups is 2. The summed E-state index contributed by atoms with van der Waals surface area (Å²) in [4.78, 5) is 75.4. The average Bonchev–Trinajstić information content (AvgIpc) is 3.65. The van der Waals surface area contributed by atoms with Gasteiger partial charge in [-0.2, -0.15) is 4.98 Å². The molecule has 31 heteroatoms. The molecule has 7 N–H and O–H groups in total. The first-order valence-electron chi connectivity index (χ1n) is 13.5. The molecule has 3 aromatic heterocycles. The number of nitrogens with zero attached hydrogens (tertiary/aromatic N) is 6. The molecule has 0 aromatic carbocycles. The van der Waals surface area contributed by atoms with Crippen LogP contribution in [0.3, 0.4) is 0 Å². The molecule has 2 aliphatic heterocycles. The molecule has 27 nitrogen and oxygen atoms in total. The molecule has 0 aliphatic carbocycles. The maximum Gasteiger partial charge on any atom is 0.351 e. The van der Waals surface area contributed by atoms with E-state index in [9.17, 15) is 57.9 Å². The predicted molar refractivity (Wildman–Crippen MR) is 149 cm³/mol. The molecule has 2 aliphatic rings. The maximum atomic E-state index is 12.2. The average molecular weight is 792 g/mol. The lowest BCUT2D eigenvalue weighted by Gasteiger charge is -2.36. The fourth-order valence-electron chi connectivity index (χ4n) is 4.61. The fraction of sp³-hybridized carbons (Fsp3) is 0.526. The molecule has 278 valence electrons. The van der Waals surface area contributed by atoms with Crippen LogP contribution in [-0.4, -0.2) is 88.1 Å². The molecule has 5 rings (SSSR count). The number of phosphoric acid groups is 4. The SMILES string of the molecule is Nc1ccn([C@H]2CC(O)[C@@H](COP(=O)([O-])OP(=O)([O-])OP(=O)([O-])OP(=O)([O-])OC[C@H]3O[C@@H](n4cnc5c(N)ncnc54)C(O)[C@H]3O)O2)c(=O)n1. The number of rotatable bonds is 14. The Kier molecular flexibility index (Phi) is 11.1. The second-order valence-electron chi connectivity index (χ2n) is 10.2. The number of hydrogen-bond donors (Lipinski definition) is 5. The third-order valence-electron chi connectivity index (χ3n) is 6.76. The van der Waals surface area contributed by atoms with E-state index in [0.29, 0.717) is 0 Å². The van der Waals surface area contributed by atoms with Gasteiger partial charge in [-0.1, -0.05) is 0 Å². The van der Waals surface area contributed by atoms with Crippen LogP contribution in [0.4, 0.5) is 11.6 Å². The molecule has 0 amide bonds. The molecule has 0 radical (unpaired) electrons. The number of aliphatic hydroxyl groups excluding tert-OH is 3. The third kappa shape index (κ3) is 9.05. The van der Waals surface area contributed by atoms with Crippen molar-refractivity contribution < 1.29 is 84.6 Å². The van der Waals surface area contributed by atoms with Crippen LogP contribution in [0.5, 0.6) is 0 Å². The van der Waals surface area contributed by atoms with E-state index in [1.165, 1.54) is 12.3 Å². The minimum atomic E-state index is -6.56. The highest BCUT2D eigenvalue weighted by atomic mass is 31.3. The quantitative estimate of drug-likeness (QED) is 0.0960. The number of nitrogen functional groups attached to an aromatic ring is 2. The summed E-state index contributed by atoms with van der Waals surface area (Å²) < 4.78 is 80.5. The van der Waals surface area contributed by atoms with Crippen molar-refractivity contribution in [2.24, 2.45) is 0 Å². The van der Waals surface area contributed by atoms with Crippen LogP contribution >= 0.6 is 31.3 Å². The Morgan fingerprint density at radius 1 is 0.840 bits per heavy atom. The molecular weight excluding hydrogens is 768 g/mol. The molecule has 6 unspecified atom stereocenters. The maximum absolute atomic E-state index is 12.2. The Morgan fingerprint density at radius 3 is 2.06 bits per heavy atom. The molecular formula is C19H24N8O19P4-4. The van der Waals surface area contributed by atoms with Gasteiger partial charge in [0, 0.05) is 12.6 Å². The highest BCUT2D eigenvalue weighted by Gasteiger charge is 2.45. The molecule has 2 saturated heterocycles. The Labute approximate surface area is 277 Å². The zero-order valence-corrected chi connectivity index (χ0v) is 28.1. The third-order valence-corrected chi connectivity index (χ3v) is 12.5. The van der Waals surface area contributed by atoms with Crippen LogP contribution < -0.4 is 36.7 Å². The Balaban J connectivity index is 1.12. The zero-order valence-electron chi connectivity index (χ0n) is 24.5. The lowest BCUT2D eigenvalue weighted by Crippen LogP contribution is -2.34.